The van der Waals surface area contributed by atoms with Gasteiger partial charge in [-0.15, -0.1) is 10.2 Å². The molecule has 4 aromatic rings. The van der Waals surface area contributed by atoms with E-state index in [-0.39, 0.29) is 22.2 Å². The zero-order valence-electron chi connectivity index (χ0n) is 17.1. The van der Waals surface area contributed by atoms with E-state index in [4.69, 9.17) is 0 Å². The normalized spacial score (nSPS) is 18.1. The molecular formula is C22H17N5O4S. The van der Waals surface area contributed by atoms with E-state index >= 15 is 0 Å². The van der Waals surface area contributed by atoms with E-state index in [0.717, 1.165) is 11.3 Å². The molecule has 4 heterocycles. The number of aromatic hydroxyl groups is 1. The molecule has 1 atom stereocenters. The predicted octanol–water partition coefficient (Wildman–Crippen LogP) is 3.13. The lowest BCUT2D eigenvalue weighted by atomic mass is 9.96. The number of amides is 1. The lowest BCUT2D eigenvalue weighted by Gasteiger charge is -2.22. The van der Waals surface area contributed by atoms with Crippen LogP contribution >= 0.6 is 11.3 Å². The molecule has 1 fully saturated rings. The second-order valence-electron chi connectivity index (χ2n) is 7.34. The highest BCUT2D eigenvalue weighted by atomic mass is 32.1. The van der Waals surface area contributed by atoms with Crippen molar-refractivity contribution in [1.82, 2.24) is 19.6 Å². The van der Waals surface area contributed by atoms with Gasteiger partial charge in [-0.1, -0.05) is 29.5 Å². The first-order valence-corrected chi connectivity index (χ1v) is 10.5. The van der Waals surface area contributed by atoms with E-state index in [1.807, 2.05) is 6.07 Å². The second-order valence-corrected chi connectivity index (χ2v) is 8.50. The molecule has 1 saturated heterocycles. The lowest BCUT2D eigenvalue weighted by Crippen LogP contribution is -2.29. The van der Waals surface area contributed by atoms with Crippen molar-refractivity contribution in [1.29, 1.82) is 0 Å². The van der Waals surface area contributed by atoms with Gasteiger partial charge in [0.1, 0.15) is 22.1 Å². The number of aryl methyl sites for hydroxylation is 2. The topological polar surface area (TPSA) is 121 Å². The average Bonchev–Trinajstić information content (AvgIpc) is 3.41. The molecule has 0 bridgehead atoms. The fourth-order valence-electron chi connectivity index (χ4n) is 3.95. The number of Topliss-reactive ketones (excluding diaryl/α,β-unsaturated/α-hetero) is 1. The number of pyridine rings is 1. The van der Waals surface area contributed by atoms with E-state index in [1.54, 1.807) is 48.7 Å². The monoisotopic (exact) mass is 447 g/mol. The van der Waals surface area contributed by atoms with Crippen LogP contribution in [0.2, 0.25) is 0 Å². The van der Waals surface area contributed by atoms with Crippen LogP contribution in [0.25, 0.3) is 11.4 Å². The Kier molecular flexibility index (Phi) is 4.52. The maximum atomic E-state index is 13.2. The number of hydrogen-bond donors (Lipinski definition) is 2. The number of ketones is 1. The van der Waals surface area contributed by atoms with Crippen molar-refractivity contribution in [2.24, 2.45) is 0 Å². The molecule has 1 amide bonds. The van der Waals surface area contributed by atoms with Crippen LogP contribution in [-0.2, 0) is 9.59 Å². The lowest BCUT2D eigenvalue weighted by molar-refractivity contribution is -0.132. The fourth-order valence-corrected chi connectivity index (χ4v) is 4.66. The number of aliphatic hydroxyl groups excluding tert-OH is 1. The largest absolute Gasteiger partial charge is 0.508 e. The molecule has 0 aliphatic carbocycles. The Hall–Kier alpha value is -4.05. The number of phenolic OH excluding ortho intramolecular Hbond substituents is 1. The van der Waals surface area contributed by atoms with Gasteiger partial charge in [0.25, 0.3) is 5.78 Å². The maximum absolute atomic E-state index is 13.2. The molecule has 1 aromatic carbocycles. The minimum Gasteiger partial charge on any atom is -0.508 e. The highest BCUT2D eigenvalue weighted by molar-refractivity contribution is 7.15. The third kappa shape index (κ3) is 2.95. The zero-order valence-corrected chi connectivity index (χ0v) is 17.9. The Morgan fingerprint density at radius 3 is 2.62 bits per heavy atom. The highest BCUT2D eigenvalue weighted by Gasteiger charge is 2.48. The first-order valence-electron chi connectivity index (χ1n) is 9.71. The summed E-state index contributed by atoms with van der Waals surface area (Å²) < 4.78 is 1.66. The van der Waals surface area contributed by atoms with Crippen LogP contribution in [-0.4, -0.2) is 41.5 Å². The van der Waals surface area contributed by atoms with Gasteiger partial charge in [0.2, 0.25) is 5.13 Å². The minimum absolute atomic E-state index is 0.0347. The quantitative estimate of drug-likeness (QED) is 0.281. The van der Waals surface area contributed by atoms with Crippen LogP contribution in [0.3, 0.4) is 0 Å². The van der Waals surface area contributed by atoms with Crippen LogP contribution in [0.5, 0.6) is 5.75 Å². The summed E-state index contributed by atoms with van der Waals surface area (Å²) in [6, 6.07) is 10.6. The number of aromatic nitrogens is 4. The number of hydrogen-bond acceptors (Lipinski definition) is 8. The molecule has 32 heavy (non-hydrogen) atoms. The average molecular weight is 447 g/mol. The SMILES string of the molecule is Cc1nnc(N2C(=O)C(=O)C(=C(O)c3c(C)nc4ccccn34)C2c2cccc(O)c2)s1. The number of fused-ring (bicyclic) bond motifs is 1. The molecular weight excluding hydrogens is 430 g/mol. The number of rotatable bonds is 3. The molecule has 1 aliphatic heterocycles. The maximum Gasteiger partial charge on any atom is 0.301 e. The van der Waals surface area contributed by atoms with E-state index < -0.39 is 17.7 Å². The number of imidazole rings is 1. The van der Waals surface area contributed by atoms with Crippen LogP contribution in [0.15, 0.2) is 54.2 Å². The van der Waals surface area contributed by atoms with Gasteiger partial charge in [0.15, 0.2) is 5.76 Å². The molecule has 3 aromatic heterocycles. The van der Waals surface area contributed by atoms with Crippen LogP contribution in [0, 0.1) is 13.8 Å². The van der Waals surface area contributed by atoms with Crippen molar-refractivity contribution in [3.63, 3.8) is 0 Å². The van der Waals surface area contributed by atoms with Gasteiger partial charge in [0.05, 0.1) is 17.3 Å². The number of benzene rings is 1. The van der Waals surface area contributed by atoms with Gasteiger partial charge in [-0.2, -0.15) is 0 Å². The van der Waals surface area contributed by atoms with Crippen LogP contribution < -0.4 is 4.90 Å². The highest BCUT2D eigenvalue weighted by Crippen LogP contribution is 2.43. The summed E-state index contributed by atoms with van der Waals surface area (Å²) in [4.78, 5) is 32.0. The molecule has 5 rings (SSSR count). The van der Waals surface area contributed by atoms with Gasteiger partial charge in [-0.25, -0.2) is 4.98 Å². The third-order valence-electron chi connectivity index (χ3n) is 5.28. The van der Waals surface area contributed by atoms with Crippen molar-refractivity contribution in [2.45, 2.75) is 19.9 Å². The Morgan fingerprint density at radius 2 is 1.91 bits per heavy atom. The molecule has 2 N–H and O–H groups in total. The summed E-state index contributed by atoms with van der Waals surface area (Å²) in [7, 11) is 0. The molecule has 0 spiro atoms. The summed E-state index contributed by atoms with van der Waals surface area (Å²) in [5, 5.41) is 30.3. The number of phenols is 1. The molecule has 1 aliphatic rings. The standard InChI is InChI=1S/C22H17N5O4S/c1-11-17(26-9-4-3-8-15(26)23-11)19(29)16-18(13-6-5-7-14(28)10-13)27(21(31)20(16)30)22-25-24-12(2)32-22/h3-10,18,28-29H,1-2H3. The van der Waals surface area contributed by atoms with Gasteiger partial charge >= 0.3 is 5.91 Å². The van der Waals surface area contributed by atoms with Crippen molar-refractivity contribution in [2.75, 3.05) is 4.90 Å². The van der Waals surface area contributed by atoms with E-state index in [0.29, 0.717) is 27.6 Å². The van der Waals surface area contributed by atoms with Crippen molar-refractivity contribution >= 4 is 39.6 Å². The Labute approximate surface area is 185 Å². The molecule has 160 valence electrons. The molecule has 10 heteroatoms. The summed E-state index contributed by atoms with van der Waals surface area (Å²) in [5.74, 6) is -2.07. The summed E-state index contributed by atoms with van der Waals surface area (Å²) in [5.41, 5.74) is 1.75. The van der Waals surface area contributed by atoms with Gasteiger partial charge in [0, 0.05) is 6.20 Å². The molecule has 0 radical (unpaired) electrons. The van der Waals surface area contributed by atoms with Gasteiger partial charge in [-0.3, -0.25) is 18.9 Å². The minimum atomic E-state index is -0.997. The molecule has 9 nitrogen and oxygen atoms in total. The zero-order chi connectivity index (χ0) is 22.6. The fraction of sp³-hybridized carbons (Fsp3) is 0.136. The molecule has 0 saturated carbocycles. The van der Waals surface area contributed by atoms with Crippen LogP contribution in [0.4, 0.5) is 5.13 Å². The van der Waals surface area contributed by atoms with Crippen molar-refractivity contribution < 1.29 is 19.8 Å². The Morgan fingerprint density at radius 1 is 1.09 bits per heavy atom. The third-order valence-corrected chi connectivity index (χ3v) is 6.12. The number of carbonyl (C=O) groups is 2. The van der Waals surface area contributed by atoms with Crippen molar-refractivity contribution in [3.05, 3.63) is 76.2 Å². The van der Waals surface area contributed by atoms with Crippen molar-refractivity contribution in [3.8, 4) is 5.75 Å². The van der Waals surface area contributed by atoms with E-state index in [2.05, 4.69) is 15.2 Å². The number of nitrogens with zero attached hydrogens (tertiary/aromatic N) is 5. The smallest absolute Gasteiger partial charge is 0.301 e. The predicted molar refractivity (Wildman–Crippen MR) is 117 cm³/mol. The Bertz CT molecular complexity index is 1440. The number of aliphatic hydroxyl groups is 1. The van der Waals surface area contributed by atoms with Gasteiger partial charge < -0.3 is 10.2 Å². The second kappa shape index (κ2) is 7.27. The number of anilines is 1. The van der Waals surface area contributed by atoms with E-state index in [1.165, 1.54) is 17.0 Å². The summed E-state index contributed by atoms with van der Waals surface area (Å²) in [6.07, 6.45) is 1.72. The van der Waals surface area contributed by atoms with Gasteiger partial charge in [-0.05, 0) is 43.7 Å². The first-order chi connectivity index (χ1) is 15.4. The first kappa shape index (κ1) is 19.9. The summed E-state index contributed by atoms with van der Waals surface area (Å²) >= 11 is 1.16. The molecule has 1 unspecified atom stereocenters. The Balaban J connectivity index is 1.80. The number of carbonyl (C=O) groups excluding carboxylic acids is 2. The van der Waals surface area contributed by atoms with Crippen LogP contribution in [0.1, 0.15) is 28.0 Å². The summed E-state index contributed by atoms with van der Waals surface area (Å²) in [6.45, 7) is 3.46. The van der Waals surface area contributed by atoms with E-state index in [9.17, 15) is 19.8 Å².